The van der Waals surface area contributed by atoms with Crippen LogP contribution in [0.15, 0.2) is 47.0 Å². The number of amides is 6. The van der Waals surface area contributed by atoms with Gasteiger partial charge in [0.25, 0.3) is 11.8 Å². The van der Waals surface area contributed by atoms with Gasteiger partial charge < -0.3 is 45.5 Å². The Morgan fingerprint density at radius 1 is 0.974 bits per heavy atom. The summed E-state index contributed by atoms with van der Waals surface area (Å²) in [5.41, 5.74) is 21.7. The predicted octanol–water partition coefficient (Wildman–Crippen LogP) is 3.28. The Balaban J connectivity index is 1.06. The highest BCUT2D eigenvalue weighted by atomic mass is 32.2. The number of nitrogens with two attached hydrogens (primary N) is 3. The zero-order chi connectivity index (χ0) is 54.7. The number of fused-ring (bicyclic) bond motifs is 4. The van der Waals surface area contributed by atoms with Crippen LogP contribution in [0.25, 0.3) is 44.5 Å². The van der Waals surface area contributed by atoms with Gasteiger partial charge in [0.2, 0.25) is 35.3 Å². The van der Waals surface area contributed by atoms with Crippen molar-refractivity contribution >= 4 is 92.1 Å². The van der Waals surface area contributed by atoms with Gasteiger partial charge in [0, 0.05) is 87.8 Å². The van der Waals surface area contributed by atoms with Crippen molar-refractivity contribution in [2.24, 2.45) is 17.2 Å². The summed E-state index contributed by atoms with van der Waals surface area (Å²) in [6, 6.07) is 5.32. The number of carboxylic acid groups (broad SMARTS) is 1. The molecule has 0 spiro atoms. The molecule has 1 aromatic carbocycles. The van der Waals surface area contributed by atoms with Crippen LogP contribution in [0.4, 0.5) is 5.95 Å². The number of nitrogens with one attached hydrogen (secondary N) is 1. The number of benzene rings is 1. The van der Waals surface area contributed by atoms with Crippen LogP contribution in [0.2, 0.25) is 0 Å². The number of rotatable bonds is 23. The lowest BCUT2D eigenvalue weighted by Gasteiger charge is -2.20. The van der Waals surface area contributed by atoms with E-state index in [1.54, 1.807) is 37.7 Å². The van der Waals surface area contributed by atoms with Gasteiger partial charge in [-0.15, -0.1) is 11.8 Å². The minimum atomic E-state index is -1.22. The van der Waals surface area contributed by atoms with Gasteiger partial charge in [-0.2, -0.15) is 5.10 Å². The second-order valence-electron chi connectivity index (χ2n) is 18.0. The van der Waals surface area contributed by atoms with Crippen molar-refractivity contribution < 1.29 is 47.8 Å². The fourth-order valence-electron chi connectivity index (χ4n) is 8.96. The van der Waals surface area contributed by atoms with Crippen LogP contribution in [0, 0.1) is 20.8 Å². The van der Waals surface area contributed by atoms with Crippen molar-refractivity contribution in [1.29, 1.82) is 0 Å². The van der Waals surface area contributed by atoms with E-state index < -0.39 is 46.8 Å². The summed E-state index contributed by atoms with van der Waals surface area (Å²) in [6.45, 7) is 10.2. The number of pyridine rings is 1. The number of anilines is 1. The van der Waals surface area contributed by atoms with Gasteiger partial charge in [-0.3, -0.25) is 48.5 Å². The Kier molecular flexibility index (Phi) is 15.9. The molecule has 7 heterocycles. The number of imidazole rings is 1. The number of hydrogen-bond donors (Lipinski definition) is 5. The van der Waals surface area contributed by atoms with Gasteiger partial charge in [0.15, 0.2) is 11.7 Å². The van der Waals surface area contributed by atoms with Gasteiger partial charge >= 0.3 is 5.97 Å². The second-order valence-corrected chi connectivity index (χ2v) is 19.3. The average molecular weight is 1060 g/mol. The normalized spacial score (nSPS) is 14.2. The summed E-state index contributed by atoms with van der Waals surface area (Å²) >= 11 is 0.998. The monoisotopic (exact) mass is 1060 g/mol. The number of aromatic nitrogens is 9. The molecule has 26 heteroatoms. The third kappa shape index (κ3) is 11.1. The second kappa shape index (κ2) is 22.5. The summed E-state index contributed by atoms with van der Waals surface area (Å²) in [5, 5.41) is 17.1. The van der Waals surface area contributed by atoms with Crippen LogP contribution in [0.5, 0.6) is 5.75 Å². The zero-order valence-electron chi connectivity index (χ0n) is 42.7. The molecule has 1 fully saturated rings. The lowest BCUT2D eigenvalue weighted by atomic mass is 10.1. The molecule has 1 saturated heterocycles. The van der Waals surface area contributed by atoms with E-state index in [1.807, 2.05) is 48.2 Å². The molecule has 398 valence electrons. The minimum absolute atomic E-state index is 0.00969. The standard InChI is InChI=1S/C50H57N15O10S/c1-7-32-42(75-27(5)56-32)47(70)59-50-57-33-19-28(43(52)68)20-36(74-17-11-13-61(6)38(66)12-16-62-39(67)22-37(48(62)71)76-24-31(51)49(72)73)41(33)64(50)15-10-9-14-63-40-26(4)55-34(44(53)69)21-29(40)30-23-54-45(58-46(30)63)35-18-25(3)60-65(35)8-2/h9-10,18-21,23,31,37H,7-8,11-17,22,24,51H2,1-6H3,(H2,52,68)(H2,53,69)(H,72,73)(H,57,59,70)/b10-9+. The van der Waals surface area contributed by atoms with Crippen molar-refractivity contribution in [3.05, 3.63) is 82.6 Å². The van der Waals surface area contributed by atoms with E-state index in [9.17, 15) is 33.6 Å². The molecule has 1 aliphatic heterocycles. The Labute approximate surface area is 438 Å². The molecule has 6 amide bonds. The number of carbonyl (C=O) groups excluding carboxylic acids is 6. The molecule has 0 bridgehead atoms. The number of aliphatic carboxylic acids is 1. The number of carboxylic acids is 1. The fraction of sp³-hybridized carbons (Fsp3) is 0.380. The molecular weight excluding hydrogens is 1000 g/mol. The highest BCUT2D eigenvalue weighted by Gasteiger charge is 2.39. The molecule has 7 aromatic rings. The summed E-state index contributed by atoms with van der Waals surface area (Å²) in [7, 11) is 1.58. The van der Waals surface area contributed by atoms with Crippen LogP contribution < -0.4 is 27.3 Å². The first-order valence-electron chi connectivity index (χ1n) is 24.4. The van der Waals surface area contributed by atoms with Gasteiger partial charge in [-0.25, -0.2) is 24.9 Å². The molecule has 25 nitrogen and oxygen atoms in total. The SMILES string of the molecule is CCc1nc(C)oc1C(=O)Nc1nc2cc(C(N)=O)cc(OCCCN(C)C(=O)CCN3C(=O)CC(SCC(N)C(=O)O)C3=O)c2n1C/C=C/Cn1c2nc(-c3cc(C)nn3CC)ncc2c2cc(C(N)=O)nc(C)c21. The Morgan fingerprint density at radius 2 is 1.72 bits per heavy atom. The molecule has 0 saturated carbocycles. The number of ether oxygens (including phenoxy) is 1. The third-order valence-electron chi connectivity index (χ3n) is 12.7. The number of carbonyl (C=O) groups is 7. The van der Waals surface area contributed by atoms with Gasteiger partial charge in [-0.1, -0.05) is 19.1 Å². The summed E-state index contributed by atoms with van der Waals surface area (Å²) in [5.74, 6) is -3.56. The number of oxazole rings is 1. The number of nitrogens with zero attached hydrogens (tertiary/aromatic N) is 11. The Bertz CT molecular complexity index is 3500. The van der Waals surface area contributed by atoms with E-state index in [4.69, 9.17) is 46.4 Å². The smallest absolute Gasteiger partial charge is 0.321 e. The number of thioether (sulfide) groups is 1. The van der Waals surface area contributed by atoms with Crippen LogP contribution in [-0.2, 0) is 45.2 Å². The van der Waals surface area contributed by atoms with Gasteiger partial charge in [0.05, 0.1) is 40.0 Å². The highest BCUT2D eigenvalue weighted by Crippen LogP contribution is 2.34. The van der Waals surface area contributed by atoms with E-state index in [0.717, 1.165) is 28.0 Å². The van der Waals surface area contributed by atoms with Gasteiger partial charge in [-0.05, 0) is 57.9 Å². The molecular formula is C50H57N15O10S. The van der Waals surface area contributed by atoms with Crippen LogP contribution >= 0.6 is 11.8 Å². The van der Waals surface area contributed by atoms with Crippen LogP contribution in [-0.4, -0.2) is 144 Å². The molecule has 8 rings (SSSR count). The molecule has 8 N–H and O–H groups in total. The largest absolute Gasteiger partial charge is 0.491 e. The van der Waals surface area contributed by atoms with E-state index in [-0.39, 0.29) is 91.5 Å². The molecule has 0 aliphatic carbocycles. The maximum absolute atomic E-state index is 13.9. The number of hydrogen-bond acceptors (Lipinski definition) is 17. The Morgan fingerprint density at radius 3 is 2.42 bits per heavy atom. The number of aryl methyl sites for hydroxylation is 5. The zero-order valence-corrected chi connectivity index (χ0v) is 43.5. The molecule has 1 aliphatic rings. The van der Waals surface area contributed by atoms with E-state index >= 15 is 0 Å². The average Bonchev–Trinajstić information content (AvgIpc) is 4.23. The number of primary amides is 2. The Hall–Kier alpha value is -8.52. The number of allylic oxidation sites excluding steroid dienone is 2. The number of likely N-dealkylation sites (tertiary alicyclic amines) is 1. The maximum atomic E-state index is 13.9. The van der Waals surface area contributed by atoms with E-state index in [1.165, 1.54) is 17.0 Å². The van der Waals surface area contributed by atoms with Crippen molar-refractivity contribution in [3.8, 4) is 17.3 Å². The van der Waals surface area contributed by atoms with Crippen molar-refractivity contribution in [3.63, 3.8) is 0 Å². The van der Waals surface area contributed by atoms with Crippen LogP contribution in [0.1, 0.15) is 87.5 Å². The third-order valence-corrected chi connectivity index (χ3v) is 14.0. The van der Waals surface area contributed by atoms with E-state index in [2.05, 4.69) is 20.4 Å². The van der Waals surface area contributed by atoms with Gasteiger partial charge in [0.1, 0.15) is 34.3 Å². The first kappa shape index (κ1) is 53.8. The van der Waals surface area contributed by atoms with Crippen LogP contribution in [0.3, 0.4) is 0 Å². The lowest BCUT2D eigenvalue weighted by Crippen LogP contribution is -2.37. The topological polar surface area (TPSA) is 351 Å². The van der Waals surface area contributed by atoms with Crippen molar-refractivity contribution in [2.75, 3.05) is 37.8 Å². The molecule has 2 unspecified atom stereocenters. The van der Waals surface area contributed by atoms with E-state index in [0.29, 0.717) is 69.9 Å². The molecule has 6 aromatic heterocycles. The lowest BCUT2D eigenvalue weighted by molar-refractivity contribution is -0.140. The van der Waals surface area contributed by atoms with Crippen molar-refractivity contribution in [1.82, 2.24) is 53.6 Å². The maximum Gasteiger partial charge on any atom is 0.321 e. The molecule has 2 atom stereocenters. The fourth-order valence-corrected chi connectivity index (χ4v) is 10.1. The highest BCUT2D eigenvalue weighted by molar-refractivity contribution is 8.00. The molecule has 0 radical (unpaired) electrons. The van der Waals surface area contributed by atoms with Crippen molar-refractivity contribution in [2.45, 2.75) is 91.2 Å². The molecule has 76 heavy (non-hydrogen) atoms. The summed E-state index contributed by atoms with van der Waals surface area (Å²) in [4.78, 5) is 115. The first-order valence-corrected chi connectivity index (χ1v) is 25.4. The number of imide groups is 1. The summed E-state index contributed by atoms with van der Waals surface area (Å²) in [6.07, 6.45) is 5.92. The predicted molar refractivity (Wildman–Crippen MR) is 279 cm³/mol. The summed E-state index contributed by atoms with van der Waals surface area (Å²) < 4.78 is 17.5. The quantitative estimate of drug-likeness (QED) is 0.0348. The minimum Gasteiger partial charge on any atom is -0.491 e. The first-order chi connectivity index (χ1) is 36.3.